The normalized spacial score (nSPS) is 23.2. The molecule has 1 aromatic rings. The quantitative estimate of drug-likeness (QED) is 0.742. The molecule has 6 nitrogen and oxygen atoms in total. The van der Waals surface area contributed by atoms with Crippen molar-refractivity contribution in [3.63, 3.8) is 0 Å². The molecule has 144 valence electrons. The number of carbonyl (C=O) groups is 2. The number of rotatable bonds is 8. The van der Waals surface area contributed by atoms with Gasteiger partial charge in [0.2, 0.25) is 5.91 Å². The van der Waals surface area contributed by atoms with Gasteiger partial charge in [-0.2, -0.15) is 0 Å². The van der Waals surface area contributed by atoms with Crippen LogP contribution < -0.4 is 10.6 Å². The fourth-order valence-electron chi connectivity index (χ4n) is 3.23. The van der Waals surface area contributed by atoms with Crippen LogP contribution >= 0.6 is 0 Å². The van der Waals surface area contributed by atoms with E-state index in [1.54, 1.807) is 13.2 Å². The zero-order valence-electron chi connectivity index (χ0n) is 16.2. The van der Waals surface area contributed by atoms with E-state index in [2.05, 4.69) is 10.6 Å². The number of carbonyl (C=O) groups excluding carboxylic acids is 2. The van der Waals surface area contributed by atoms with Gasteiger partial charge in [-0.3, -0.25) is 9.59 Å². The highest BCUT2D eigenvalue weighted by molar-refractivity contribution is 5.97. The number of benzene rings is 1. The van der Waals surface area contributed by atoms with E-state index in [9.17, 15) is 9.59 Å². The summed E-state index contributed by atoms with van der Waals surface area (Å²) in [6, 6.07) is 6.62. The molecule has 1 aliphatic carbocycles. The minimum Gasteiger partial charge on any atom is -0.377 e. The Balaban J connectivity index is 1.98. The van der Waals surface area contributed by atoms with E-state index in [-0.39, 0.29) is 36.0 Å². The molecule has 0 bridgehead atoms. The van der Waals surface area contributed by atoms with E-state index in [0.29, 0.717) is 18.6 Å². The van der Waals surface area contributed by atoms with Crippen molar-refractivity contribution < 1.29 is 19.1 Å². The van der Waals surface area contributed by atoms with Crippen molar-refractivity contribution >= 4 is 11.8 Å². The lowest BCUT2D eigenvalue weighted by atomic mass is 9.84. The highest BCUT2D eigenvalue weighted by Crippen LogP contribution is 2.27. The average molecular weight is 362 g/mol. The third kappa shape index (κ3) is 4.83. The maximum absolute atomic E-state index is 12.7. The predicted octanol–water partition coefficient (Wildman–Crippen LogP) is 2.06. The van der Waals surface area contributed by atoms with Crippen LogP contribution in [0.15, 0.2) is 24.3 Å². The highest BCUT2D eigenvalue weighted by Gasteiger charge is 2.43. The molecule has 0 aromatic heterocycles. The smallest absolute Gasteiger partial charge is 0.251 e. The second kappa shape index (κ2) is 9.14. The Morgan fingerprint density at radius 3 is 2.62 bits per heavy atom. The molecule has 0 heterocycles. The number of ether oxygens (including phenoxy) is 2. The lowest BCUT2D eigenvalue weighted by Gasteiger charge is -2.43. The van der Waals surface area contributed by atoms with Crippen LogP contribution in [0.5, 0.6) is 0 Å². The molecule has 0 radical (unpaired) electrons. The van der Waals surface area contributed by atoms with Gasteiger partial charge in [0.25, 0.3) is 5.91 Å². The first-order chi connectivity index (χ1) is 12.4. The van der Waals surface area contributed by atoms with Crippen LogP contribution in [0, 0.1) is 12.8 Å². The number of methoxy groups -OCH3 is 1. The molecule has 6 heteroatoms. The molecular formula is C20H30N2O4. The zero-order valence-corrected chi connectivity index (χ0v) is 16.2. The van der Waals surface area contributed by atoms with Crippen LogP contribution in [0.1, 0.15) is 43.1 Å². The van der Waals surface area contributed by atoms with E-state index >= 15 is 0 Å². The van der Waals surface area contributed by atoms with Gasteiger partial charge in [0, 0.05) is 19.3 Å². The molecule has 26 heavy (non-hydrogen) atoms. The van der Waals surface area contributed by atoms with Gasteiger partial charge in [-0.25, -0.2) is 0 Å². The van der Waals surface area contributed by atoms with Crippen LogP contribution in [0.25, 0.3) is 0 Å². The molecule has 2 N–H and O–H groups in total. The molecule has 2 rings (SSSR count). The Hall–Kier alpha value is -1.92. The van der Waals surface area contributed by atoms with E-state index < -0.39 is 6.04 Å². The van der Waals surface area contributed by atoms with Gasteiger partial charge in [-0.15, -0.1) is 0 Å². The minimum absolute atomic E-state index is 0.00897. The standard InChI is InChI=1S/C20H30N2O4/c1-6-26-16-11-15(18(16)25-5)21-20(24)17(12(2)3)22-19(23)14-9-7-8-13(4)10-14/h7-10,12,15-18H,6,11H2,1-5H3,(H,21,24)(H,22,23)/t15-,16+,17+,18-/m0/s1. The topological polar surface area (TPSA) is 76.7 Å². The predicted molar refractivity (Wildman–Crippen MR) is 100 cm³/mol. The first kappa shape index (κ1) is 20.4. The first-order valence-electron chi connectivity index (χ1n) is 9.19. The second-order valence-electron chi connectivity index (χ2n) is 7.11. The third-order valence-electron chi connectivity index (χ3n) is 4.75. The molecule has 1 aromatic carbocycles. The second-order valence-corrected chi connectivity index (χ2v) is 7.11. The molecule has 0 aliphatic heterocycles. The lowest BCUT2D eigenvalue weighted by Crippen LogP contribution is -2.63. The fraction of sp³-hybridized carbons (Fsp3) is 0.600. The Kier molecular flexibility index (Phi) is 7.17. The van der Waals surface area contributed by atoms with Crippen molar-refractivity contribution in [2.45, 2.75) is 58.4 Å². The Bertz CT molecular complexity index is 632. The van der Waals surface area contributed by atoms with Crippen LogP contribution in [-0.2, 0) is 14.3 Å². The summed E-state index contributed by atoms with van der Waals surface area (Å²) in [7, 11) is 1.62. The first-order valence-corrected chi connectivity index (χ1v) is 9.19. The fourth-order valence-corrected chi connectivity index (χ4v) is 3.23. The van der Waals surface area contributed by atoms with Crippen LogP contribution in [0.4, 0.5) is 0 Å². The monoisotopic (exact) mass is 362 g/mol. The van der Waals surface area contributed by atoms with Crippen molar-refractivity contribution in [3.05, 3.63) is 35.4 Å². The van der Waals surface area contributed by atoms with Crippen molar-refractivity contribution in [2.24, 2.45) is 5.92 Å². The SMILES string of the molecule is CCO[C@@H]1C[C@H](NC(=O)[C@H](NC(=O)c2cccc(C)c2)C(C)C)[C@@H]1OC. The molecule has 0 saturated heterocycles. The molecule has 0 unspecified atom stereocenters. The van der Waals surface area contributed by atoms with Crippen molar-refractivity contribution in [2.75, 3.05) is 13.7 Å². The van der Waals surface area contributed by atoms with Crippen molar-refractivity contribution in [1.29, 1.82) is 0 Å². The molecule has 2 amide bonds. The van der Waals surface area contributed by atoms with Gasteiger partial charge >= 0.3 is 0 Å². The van der Waals surface area contributed by atoms with E-state index in [0.717, 1.165) is 5.56 Å². The molecule has 1 saturated carbocycles. The summed E-state index contributed by atoms with van der Waals surface area (Å²) in [6.45, 7) is 8.32. The van der Waals surface area contributed by atoms with Gasteiger partial charge < -0.3 is 20.1 Å². The zero-order chi connectivity index (χ0) is 19.3. The average Bonchev–Trinajstić information content (AvgIpc) is 2.58. The summed E-state index contributed by atoms with van der Waals surface area (Å²) in [4.78, 5) is 25.2. The molecule has 4 atom stereocenters. The van der Waals surface area contributed by atoms with Crippen molar-refractivity contribution in [1.82, 2.24) is 10.6 Å². The van der Waals surface area contributed by atoms with Crippen molar-refractivity contribution in [3.8, 4) is 0 Å². The van der Waals surface area contributed by atoms with Gasteiger partial charge in [0.05, 0.1) is 12.1 Å². The van der Waals surface area contributed by atoms with Crippen LogP contribution in [0.3, 0.4) is 0 Å². The van der Waals surface area contributed by atoms with Gasteiger partial charge in [0.15, 0.2) is 0 Å². The number of hydrogen-bond acceptors (Lipinski definition) is 4. The molecule has 0 spiro atoms. The van der Waals surface area contributed by atoms with E-state index in [1.165, 1.54) is 0 Å². The van der Waals surface area contributed by atoms with Gasteiger partial charge in [-0.05, 0) is 38.3 Å². The Morgan fingerprint density at radius 1 is 1.31 bits per heavy atom. The largest absolute Gasteiger partial charge is 0.377 e. The lowest BCUT2D eigenvalue weighted by molar-refractivity contribution is -0.144. The number of aryl methyl sites for hydroxylation is 1. The minimum atomic E-state index is -0.605. The summed E-state index contributed by atoms with van der Waals surface area (Å²) in [6.07, 6.45) is 0.572. The number of amides is 2. The molecule has 1 aliphatic rings. The maximum Gasteiger partial charge on any atom is 0.251 e. The van der Waals surface area contributed by atoms with Crippen LogP contribution in [0.2, 0.25) is 0 Å². The third-order valence-corrected chi connectivity index (χ3v) is 4.75. The number of hydrogen-bond donors (Lipinski definition) is 2. The van der Waals surface area contributed by atoms with E-state index in [1.807, 2.05) is 45.9 Å². The molecule has 1 fully saturated rings. The summed E-state index contributed by atoms with van der Waals surface area (Å²) in [5.41, 5.74) is 1.56. The maximum atomic E-state index is 12.7. The van der Waals surface area contributed by atoms with Gasteiger partial charge in [-0.1, -0.05) is 31.5 Å². The Morgan fingerprint density at radius 2 is 2.04 bits per heavy atom. The molecular weight excluding hydrogens is 332 g/mol. The van der Waals surface area contributed by atoms with Gasteiger partial charge in [0.1, 0.15) is 12.1 Å². The van der Waals surface area contributed by atoms with Crippen LogP contribution in [-0.4, -0.2) is 49.8 Å². The summed E-state index contributed by atoms with van der Waals surface area (Å²) in [5, 5.41) is 5.86. The highest BCUT2D eigenvalue weighted by atomic mass is 16.5. The Labute approximate surface area is 155 Å². The summed E-state index contributed by atoms with van der Waals surface area (Å²) >= 11 is 0. The van der Waals surface area contributed by atoms with E-state index in [4.69, 9.17) is 9.47 Å². The summed E-state index contributed by atoms with van der Waals surface area (Å²) < 4.78 is 11.0. The summed E-state index contributed by atoms with van der Waals surface area (Å²) in [5.74, 6) is -0.470. The number of nitrogens with one attached hydrogen (secondary N) is 2.